The topological polar surface area (TPSA) is 88.3 Å². The number of hydrogen-bond donors (Lipinski definition) is 2. The highest BCUT2D eigenvalue weighted by molar-refractivity contribution is 7.09. The molecule has 3 rings (SSSR count). The Morgan fingerprint density at radius 1 is 1.25 bits per heavy atom. The summed E-state index contributed by atoms with van der Waals surface area (Å²) in [5, 5.41) is 5.45. The first-order chi connectivity index (χ1) is 11.5. The van der Waals surface area contributed by atoms with Crippen LogP contribution in [0.3, 0.4) is 0 Å². The van der Waals surface area contributed by atoms with Crippen LogP contribution in [0.4, 0.5) is 11.4 Å². The van der Waals surface area contributed by atoms with Gasteiger partial charge in [0.05, 0.1) is 16.4 Å². The first-order valence-corrected chi connectivity index (χ1v) is 8.85. The molecule has 0 aliphatic carbocycles. The predicted molar refractivity (Wildman–Crippen MR) is 95.8 cm³/mol. The van der Waals surface area contributed by atoms with Crippen molar-refractivity contribution < 1.29 is 9.59 Å². The van der Waals surface area contributed by atoms with Crippen LogP contribution < -0.4 is 16.0 Å². The van der Waals surface area contributed by atoms with Crippen LogP contribution in [-0.4, -0.2) is 29.9 Å². The maximum absolute atomic E-state index is 12.4. The number of aryl methyl sites for hydroxylation is 1. The molecule has 24 heavy (non-hydrogen) atoms. The fourth-order valence-corrected chi connectivity index (χ4v) is 3.45. The van der Waals surface area contributed by atoms with Crippen molar-refractivity contribution >= 4 is 34.5 Å². The van der Waals surface area contributed by atoms with Crippen molar-refractivity contribution in [1.29, 1.82) is 0 Å². The average Bonchev–Trinajstić information content (AvgIpc) is 3.02. The zero-order chi connectivity index (χ0) is 17.1. The summed E-state index contributed by atoms with van der Waals surface area (Å²) in [5.41, 5.74) is 7.65. The van der Waals surface area contributed by atoms with E-state index >= 15 is 0 Å². The Kier molecular flexibility index (Phi) is 4.80. The fourth-order valence-electron chi connectivity index (χ4n) is 2.85. The summed E-state index contributed by atoms with van der Waals surface area (Å²) in [6.07, 6.45) is 3.46. The van der Waals surface area contributed by atoms with Gasteiger partial charge in [-0.05, 0) is 44.4 Å². The van der Waals surface area contributed by atoms with Crippen LogP contribution >= 0.6 is 11.3 Å². The number of nitrogens with zero attached hydrogens (tertiary/aromatic N) is 2. The molecule has 7 heteroatoms. The molecule has 0 atom stereocenters. The summed E-state index contributed by atoms with van der Waals surface area (Å²) in [6.45, 7) is 3.73. The number of anilines is 2. The molecule has 1 aromatic heterocycles. The molecule has 0 saturated carbocycles. The molecule has 1 aliphatic heterocycles. The van der Waals surface area contributed by atoms with Crippen molar-refractivity contribution in [1.82, 2.24) is 4.98 Å². The monoisotopic (exact) mass is 344 g/mol. The van der Waals surface area contributed by atoms with Gasteiger partial charge in [0.1, 0.15) is 5.69 Å². The summed E-state index contributed by atoms with van der Waals surface area (Å²) in [6, 6.07) is 5.20. The van der Waals surface area contributed by atoms with Crippen LogP contribution in [0.5, 0.6) is 0 Å². The smallest absolute Gasteiger partial charge is 0.275 e. The van der Waals surface area contributed by atoms with Crippen molar-refractivity contribution in [2.24, 2.45) is 5.73 Å². The Morgan fingerprint density at radius 2 is 2.00 bits per heavy atom. The van der Waals surface area contributed by atoms with Crippen LogP contribution in [0.25, 0.3) is 0 Å². The maximum Gasteiger partial charge on any atom is 0.275 e. The summed E-state index contributed by atoms with van der Waals surface area (Å²) < 4.78 is 0. The van der Waals surface area contributed by atoms with Crippen LogP contribution in [-0.2, 0) is 0 Å². The number of thiazole rings is 1. The highest BCUT2D eigenvalue weighted by Crippen LogP contribution is 2.30. The molecule has 0 spiro atoms. The van der Waals surface area contributed by atoms with E-state index < -0.39 is 5.91 Å². The number of benzene rings is 1. The van der Waals surface area contributed by atoms with Gasteiger partial charge in [0.2, 0.25) is 5.91 Å². The van der Waals surface area contributed by atoms with Gasteiger partial charge in [0.15, 0.2) is 0 Å². The zero-order valence-corrected chi connectivity index (χ0v) is 14.4. The molecule has 2 aromatic rings. The summed E-state index contributed by atoms with van der Waals surface area (Å²) in [4.78, 5) is 30.4. The standard InChI is InChI=1S/C17H20N4O2S/c1-11-19-14(10-24-11)17(23)20-13-9-12(16(18)22)5-6-15(13)21-7-3-2-4-8-21/h5-6,9-10H,2-4,7-8H2,1H3,(H2,18,22)(H,20,23). The normalized spacial score (nSPS) is 14.5. The van der Waals surface area contributed by atoms with E-state index in [2.05, 4.69) is 15.2 Å². The van der Waals surface area contributed by atoms with Crippen LogP contribution in [0.2, 0.25) is 0 Å². The lowest BCUT2D eigenvalue weighted by molar-refractivity contribution is 0.0995. The molecule has 126 valence electrons. The average molecular weight is 344 g/mol. The van der Waals surface area contributed by atoms with E-state index in [4.69, 9.17) is 5.73 Å². The Bertz CT molecular complexity index is 766. The lowest BCUT2D eigenvalue weighted by Gasteiger charge is -2.30. The first kappa shape index (κ1) is 16.4. The van der Waals surface area contributed by atoms with E-state index in [0.29, 0.717) is 16.9 Å². The fraction of sp³-hybridized carbons (Fsp3) is 0.353. The van der Waals surface area contributed by atoms with Crippen LogP contribution in [0.15, 0.2) is 23.6 Å². The second-order valence-corrected chi connectivity index (χ2v) is 6.91. The molecule has 0 bridgehead atoms. The lowest BCUT2D eigenvalue weighted by Crippen LogP contribution is -2.30. The Hall–Kier alpha value is -2.41. The van der Waals surface area contributed by atoms with E-state index in [1.807, 2.05) is 13.0 Å². The number of piperidine rings is 1. The van der Waals surface area contributed by atoms with Crippen LogP contribution in [0, 0.1) is 6.92 Å². The number of carbonyl (C=O) groups excluding carboxylic acids is 2. The third-order valence-electron chi connectivity index (χ3n) is 4.08. The minimum atomic E-state index is -0.514. The summed E-state index contributed by atoms with van der Waals surface area (Å²) >= 11 is 1.43. The van der Waals surface area contributed by atoms with Gasteiger partial charge in [-0.15, -0.1) is 11.3 Å². The molecule has 2 heterocycles. The maximum atomic E-state index is 12.4. The quantitative estimate of drug-likeness (QED) is 0.892. The molecule has 3 N–H and O–H groups in total. The van der Waals surface area contributed by atoms with E-state index in [0.717, 1.165) is 36.6 Å². The third-order valence-corrected chi connectivity index (χ3v) is 4.85. The highest BCUT2D eigenvalue weighted by Gasteiger charge is 2.18. The molecule has 1 fully saturated rings. The molecule has 0 unspecified atom stereocenters. The van der Waals surface area contributed by atoms with Gasteiger partial charge in [-0.3, -0.25) is 9.59 Å². The number of hydrogen-bond acceptors (Lipinski definition) is 5. The van der Waals surface area contributed by atoms with Crippen molar-refractivity contribution in [2.75, 3.05) is 23.3 Å². The van der Waals surface area contributed by atoms with Gasteiger partial charge >= 0.3 is 0 Å². The number of primary amides is 1. The largest absolute Gasteiger partial charge is 0.370 e. The van der Waals surface area contributed by atoms with E-state index in [-0.39, 0.29) is 5.91 Å². The minimum absolute atomic E-state index is 0.278. The molecule has 0 radical (unpaired) electrons. The Morgan fingerprint density at radius 3 is 2.62 bits per heavy atom. The Labute approximate surface area is 144 Å². The van der Waals surface area contributed by atoms with Gasteiger partial charge in [0.25, 0.3) is 5.91 Å². The second-order valence-electron chi connectivity index (χ2n) is 5.85. The van der Waals surface area contributed by atoms with Crippen molar-refractivity contribution in [2.45, 2.75) is 26.2 Å². The molecule has 1 aromatic carbocycles. The predicted octanol–water partition coefficient (Wildman–Crippen LogP) is 2.79. The number of carbonyl (C=O) groups is 2. The Balaban J connectivity index is 1.91. The van der Waals surface area contributed by atoms with Gasteiger partial charge in [-0.25, -0.2) is 4.98 Å². The molecular weight excluding hydrogens is 324 g/mol. The van der Waals surface area contributed by atoms with Crippen molar-refractivity contribution in [3.63, 3.8) is 0 Å². The van der Waals surface area contributed by atoms with E-state index in [9.17, 15) is 9.59 Å². The van der Waals surface area contributed by atoms with Gasteiger partial charge in [0, 0.05) is 24.0 Å². The van der Waals surface area contributed by atoms with E-state index in [1.54, 1.807) is 17.5 Å². The molecule has 1 aliphatic rings. The summed E-state index contributed by atoms with van der Waals surface area (Å²) in [5.74, 6) is -0.792. The molecule has 6 nitrogen and oxygen atoms in total. The van der Waals surface area contributed by atoms with Crippen molar-refractivity contribution in [3.05, 3.63) is 39.8 Å². The third kappa shape index (κ3) is 3.56. The van der Waals surface area contributed by atoms with Crippen molar-refractivity contribution in [3.8, 4) is 0 Å². The minimum Gasteiger partial charge on any atom is -0.370 e. The van der Waals surface area contributed by atoms with Crippen LogP contribution in [0.1, 0.15) is 45.1 Å². The van der Waals surface area contributed by atoms with Gasteiger partial charge in [-0.1, -0.05) is 0 Å². The SMILES string of the molecule is Cc1nc(C(=O)Nc2cc(C(N)=O)ccc2N2CCCCC2)cs1. The van der Waals surface area contributed by atoms with Gasteiger partial charge < -0.3 is 16.0 Å². The van der Waals surface area contributed by atoms with Gasteiger partial charge in [-0.2, -0.15) is 0 Å². The number of rotatable bonds is 4. The molecule has 2 amide bonds. The van der Waals surface area contributed by atoms with E-state index in [1.165, 1.54) is 17.8 Å². The number of aromatic nitrogens is 1. The lowest BCUT2D eigenvalue weighted by atomic mass is 10.1. The summed E-state index contributed by atoms with van der Waals surface area (Å²) in [7, 11) is 0. The zero-order valence-electron chi connectivity index (χ0n) is 13.5. The second kappa shape index (κ2) is 7.00. The number of nitrogens with one attached hydrogen (secondary N) is 1. The number of nitrogens with two attached hydrogens (primary N) is 1. The first-order valence-electron chi connectivity index (χ1n) is 7.97. The highest BCUT2D eigenvalue weighted by atomic mass is 32.1. The molecule has 1 saturated heterocycles. The number of amides is 2. The molecular formula is C17H20N4O2S.